The summed E-state index contributed by atoms with van der Waals surface area (Å²) in [5, 5.41) is 2.99. The third-order valence-corrected chi connectivity index (χ3v) is 5.43. The quantitative estimate of drug-likeness (QED) is 0.392. The topological polar surface area (TPSA) is 69.8 Å². The van der Waals surface area contributed by atoms with Crippen molar-refractivity contribution < 1.29 is 4.79 Å². The average Bonchev–Trinajstić information content (AvgIpc) is 3.20. The molecule has 3 N–H and O–H groups in total. The van der Waals surface area contributed by atoms with Crippen molar-refractivity contribution in [1.82, 2.24) is 14.7 Å². The van der Waals surface area contributed by atoms with E-state index in [4.69, 9.17) is 0 Å². The SMILES string of the molecule is O=C(NSC(Cc1ccccc1)c1ccccc1)Nc1ccc2nc[nH]c2c1. The molecule has 0 bridgehead atoms. The number of imidazole rings is 1. The number of urea groups is 1. The van der Waals surface area contributed by atoms with E-state index in [-0.39, 0.29) is 11.3 Å². The first-order valence-corrected chi connectivity index (χ1v) is 9.90. The van der Waals surface area contributed by atoms with Crippen LogP contribution in [0.1, 0.15) is 16.4 Å². The van der Waals surface area contributed by atoms with Gasteiger partial charge in [-0.05, 0) is 47.7 Å². The molecule has 0 aliphatic heterocycles. The number of fused-ring (bicyclic) bond motifs is 1. The van der Waals surface area contributed by atoms with Gasteiger partial charge >= 0.3 is 6.03 Å². The van der Waals surface area contributed by atoms with Crippen LogP contribution in [0.15, 0.2) is 85.2 Å². The minimum Gasteiger partial charge on any atom is -0.345 e. The number of carbonyl (C=O) groups excluding carboxylic acids is 1. The van der Waals surface area contributed by atoms with Crippen molar-refractivity contribution in [3.63, 3.8) is 0 Å². The molecule has 0 spiro atoms. The standard InChI is InChI=1S/C22H20N4OS/c27-22(25-18-11-12-19-20(14-18)24-15-23-19)26-28-21(17-9-5-2-6-10-17)13-16-7-3-1-4-8-16/h1-12,14-15,21H,13H2,(H,23,24)(H2,25,26,27). The highest BCUT2D eigenvalue weighted by atomic mass is 32.2. The molecule has 0 aliphatic rings. The largest absolute Gasteiger partial charge is 0.345 e. The van der Waals surface area contributed by atoms with Crippen LogP contribution in [0.25, 0.3) is 11.0 Å². The Morgan fingerprint density at radius 2 is 1.75 bits per heavy atom. The molecule has 1 aromatic heterocycles. The predicted molar refractivity (Wildman–Crippen MR) is 115 cm³/mol. The Labute approximate surface area is 167 Å². The zero-order valence-electron chi connectivity index (χ0n) is 15.1. The van der Waals surface area contributed by atoms with Crippen LogP contribution in [-0.4, -0.2) is 16.0 Å². The van der Waals surface area contributed by atoms with Gasteiger partial charge in [-0.2, -0.15) is 0 Å². The van der Waals surface area contributed by atoms with Crippen LogP contribution in [0.2, 0.25) is 0 Å². The smallest absolute Gasteiger partial charge is 0.329 e. The number of hydrogen-bond acceptors (Lipinski definition) is 3. The molecule has 4 aromatic rings. The molecule has 0 radical (unpaired) electrons. The van der Waals surface area contributed by atoms with Gasteiger partial charge in [0.15, 0.2) is 0 Å². The maximum absolute atomic E-state index is 12.4. The Kier molecular flexibility index (Phi) is 5.58. The van der Waals surface area contributed by atoms with E-state index in [0.29, 0.717) is 5.69 Å². The van der Waals surface area contributed by atoms with Crippen LogP contribution < -0.4 is 10.0 Å². The van der Waals surface area contributed by atoms with E-state index >= 15 is 0 Å². The third-order valence-electron chi connectivity index (χ3n) is 4.41. The first-order valence-electron chi connectivity index (χ1n) is 9.02. The van der Waals surface area contributed by atoms with Crippen LogP contribution >= 0.6 is 11.9 Å². The van der Waals surface area contributed by atoms with E-state index in [1.165, 1.54) is 23.1 Å². The lowest BCUT2D eigenvalue weighted by Gasteiger charge is -2.18. The highest BCUT2D eigenvalue weighted by Gasteiger charge is 2.15. The van der Waals surface area contributed by atoms with Crippen molar-refractivity contribution in [2.75, 3.05) is 5.32 Å². The predicted octanol–water partition coefficient (Wildman–Crippen LogP) is 5.32. The lowest BCUT2D eigenvalue weighted by molar-refractivity contribution is 0.257. The number of aromatic nitrogens is 2. The van der Waals surface area contributed by atoms with E-state index in [1.54, 1.807) is 6.33 Å². The second-order valence-electron chi connectivity index (χ2n) is 6.40. The summed E-state index contributed by atoms with van der Waals surface area (Å²) in [6, 6.07) is 25.8. The Morgan fingerprint density at radius 3 is 2.54 bits per heavy atom. The second-order valence-corrected chi connectivity index (χ2v) is 7.41. The van der Waals surface area contributed by atoms with Gasteiger partial charge in [0, 0.05) is 5.69 Å². The van der Waals surface area contributed by atoms with Gasteiger partial charge in [-0.3, -0.25) is 4.72 Å². The first-order chi connectivity index (χ1) is 13.8. The Balaban J connectivity index is 1.42. The Bertz CT molecular complexity index is 1050. The summed E-state index contributed by atoms with van der Waals surface area (Å²) in [7, 11) is 0. The van der Waals surface area contributed by atoms with Gasteiger partial charge in [-0.1, -0.05) is 60.7 Å². The minimum atomic E-state index is -0.252. The van der Waals surface area contributed by atoms with E-state index in [2.05, 4.69) is 44.3 Å². The highest BCUT2D eigenvalue weighted by molar-refractivity contribution is 7.98. The molecule has 5 nitrogen and oxygen atoms in total. The fourth-order valence-electron chi connectivity index (χ4n) is 3.02. The minimum absolute atomic E-state index is 0.115. The molecule has 0 aliphatic carbocycles. The van der Waals surface area contributed by atoms with Gasteiger partial charge in [-0.15, -0.1) is 0 Å². The van der Waals surface area contributed by atoms with Crippen LogP contribution in [-0.2, 0) is 6.42 Å². The zero-order valence-corrected chi connectivity index (χ0v) is 15.9. The van der Waals surface area contributed by atoms with Gasteiger partial charge < -0.3 is 10.3 Å². The lowest BCUT2D eigenvalue weighted by Crippen LogP contribution is -2.24. The summed E-state index contributed by atoms with van der Waals surface area (Å²) < 4.78 is 2.93. The van der Waals surface area contributed by atoms with E-state index in [1.807, 2.05) is 54.6 Å². The van der Waals surface area contributed by atoms with E-state index in [0.717, 1.165) is 17.5 Å². The van der Waals surface area contributed by atoms with Crippen LogP contribution in [0.5, 0.6) is 0 Å². The maximum Gasteiger partial charge on any atom is 0.329 e. The van der Waals surface area contributed by atoms with Crippen molar-refractivity contribution in [2.24, 2.45) is 0 Å². The molecular weight excluding hydrogens is 368 g/mol. The molecule has 1 heterocycles. The van der Waals surface area contributed by atoms with Crippen molar-refractivity contribution in [1.29, 1.82) is 0 Å². The van der Waals surface area contributed by atoms with Gasteiger partial charge in [0.1, 0.15) is 0 Å². The molecule has 0 saturated heterocycles. The molecule has 1 atom stereocenters. The van der Waals surface area contributed by atoms with Crippen LogP contribution in [0, 0.1) is 0 Å². The number of rotatable bonds is 6. The highest BCUT2D eigenvalue weighted by Crippen LogP contribution is 2.30. The molecule has 3 aromatic carbocycles. The monoisotopic (exact) mass is 388 g/mol. The number of benzene rings is 3. The van der Waals surface area contributed by atoms with Crippen molar-refractivity contribution in [3.05, 3.63) is 96.3 Å². The zero-order chi connectivity index (χ0) is 19.2. The summed E-state index contributed by atoms with van der Waals surface area (Å²) in [4.78, 5) is 19.6. The molecule has 6 heteroatoms. The number of nitrogens with one attached hydrogen (secondary N) is 3. The number of nitrogens with zero attached hydrogens (tertiary/aromatic N) is 1. The fourth-order valence-corrected chi connectivity index (χ4v) is 3.89. The summed E-state index contributed by atoms with van der Waals surface area (Å²) in [5.74, 6) is 0. The molecule has 1 unspecified atom stereocenters. The van der Waals surface area contributed by atoms with Crippen LogP contribution in [0.4, 0.5) is 10.5 Å². The summed E-state index contributed by atoms with van der Waals surface area (Å²) in [6.45, 7) is 0. The summed E-state index contributed by atoms with van der Waals surface area (Å²) in [5.41, 5.74) is 4.88. The lowest BCUT2D eigenvalue weighted by atomic mass is 10.0. The number of H-pyrrole nitrogens is 1. The molecule has 2 amide bonds. The normalized spacial score (nSPS) is 11.9. The summed E-state index contributed by atoms with van der Waals surface area (Å²) in [6.07, 6.45) is 2.47. The molecule has 4 rings (SSSR count). The van der Waals surface area contributed by atoms with Crippen molar-refractivity contribution in [2.45, 2.75) is 11.7 Å². The van der Waals surface area contributed by atoms with Crippen molar-refractivity contribution in [3.8, 4) is 0 Å². The average molecular weight is 388 g/mol. The van der Waals surface area contributed by atoms with E-state index < -0.39 is 0 Å². The van der Waals surface area contributed by atoms with Gasteiger partial charge in [0.05, 0.1) is 22.6 Å². The van der Waals surface area contributed by atoms with Gasteiger partial charge in [0.2, 0.25) is 0 Å². The van der Waals surface area contributed by atoms with E-state index in [9.17, 15) is 4.79 Å². The summed E-state index contributed by atoms with van der Waals surface area (Å²) >= 11 is 1.42. The fraction of sp³-hybridized carbons (Fsp3) is 0.0909. The Hall–Kier alpha value is -3.25. The molecule has 140 valence electrons. The number of aromatic amines is 1. The van der Waals surface area contributed by atoms with Gasteiger partial charge in [-0.25, -0.2) is 9.78 Å². The molecule has 0 fully saturated rings. The Morgan fingerprint density at radius 1 is 1.00 bits per heavy atom. The second kappa shape index (κ2) is 8.63. The number of hydrogen-bond donors (Lipinski definition) is 3. The third kappa shape index (κ3) is 4.53. The molecule has 28 heavy (non-hydrogen) atoms. The number of amides is 2. The van der Waals surface area contributed by atoms with Crippen molar-refractivity contribution >= 4 is 34.7 Å². The number of anilines is 1. The first kappa shape index (κ1) is 18.1. The van der Waals surface area contributed by atoms with Crippen LogP contribution in [0.3, 0.4) is 0 Å². The van der Waals surface area contributed by atoms with Gasteiger partial charge in [0.25, 0.3) is 0 Å². The number of carbonyl (C=O) groups is 1. The molecular formula is C22H20N4OS. The molecule has 0 saturated carbocycles. The maximum atomic E-state index is 12.4.